The fourth-order valence-electron chi connectivity index (χ4n) is 3.67. The summed E-state index contributed by atoms with van der Waals surface area (Å²) >= 11 is 12.6. The first-order valence-corrected chi connectivity index (χ1v) is 8.66. The first-order chi connectivity index (χ1) is 10.1. The number of nitrogens with one attached hydrogen (secondary N) is 1. The quantitative estimate of drug-likeness (QED) is 0.859. The summed E-state index contributed by atoms with van der Waals surface area (Å²) < 4.78 is 0. The molecule has 2 aliphatic rings. The van der Waals surface area contributed by atoms with Crippen molar-refractivity contribution in [2.24, 2.45) is 5.92 Å². The number of rotatable bonds is 3. The fourth-order valence-corrected chi connectivity index (χ4v) is 4.32. The van der Waals surface area contributed by atoms with Gasteiger partial charge in [-0.25, -0.2) is 4.98 Å². The van der Waals surface area contributed by atoms with Crippen molar-refractivity contribution in [3.63, 3.8) is 0 Å². The Morgan fingerprint density at radius 2 is 2.19 bits per heavy atom. The number of likely N-dealkylation sites (tertiary alicyclic amines) is 1. The number of hydrogen-bond donors (Lipinski definition) is 1. The summed E-state index contributed by atoms with van der Waals surface area (Å²) in [5.74, 6) is 0.761. The number of halogens is 2. The van der Waals surface area contributed by atoms with E-state index in [0.29, 0.717) is 11.2 Å². The predicted octanol–water partition coefficient (Wildman–Crippen LogP) is 3.66. The van der Waals surface area contributed by atoms with E-state index in [4.69, 9.17) is 23.2 Å². The third kappa shape index (κ3) is 3.70. The van der Waals surface area contributed by atoms with E-state index in [-0.39, 0.29) is 0 Å². The number of hydrogen-bond acceptors (Lipinski definition) is 3. The van der Waals surface area contributed by atoms with E-state index >= 15 is 0 Å². The van der Waals surface area contributed by atoms with Gasteiger partial charge in [0.05, 0.1) is 0 Å². The summed E-state index contributed by atoms with van der Waals surface area (Å²) in [5, 5.41) is 4.95. The molecule has 2 unspecified atom stereocenters. The lowest BCUT2D eigenvalue weighted by molar-refractivity contribution is 0.145. The molecule has 3 heterocycles. The zero-order chi connectivity index (χ0) is 14.8. The van der Waals surface area contributed by atoms with Gasteiger partial charge in [-0.1, -0.05) is 23.2 Å². The van der Waals surface area contributed by atoms with Crippen LogP contribution >= 0.6 is 23.2 Å². The molecule has 0 amide bonds. The third-order valence-corrected chi connectivity index (χ3v) is 5.39. The SMILES string of the molecule is Cc1cc(Cl)c(CN2CCCC(C3CCCN3)C2)c(Cl)n1. The molecule has 2 fully saturated rings. The summed E-state index contributed by atoms with van der Waals surface area (Å²) in [5.41, 5.74) is 1.85. The number of nitrogens with zero attached hydrogens (tertiary/aromatic N) is 2. The molecule has 2 aliphatic heterocycles. The molecule has 5 heteroatoms. The highest BCUT2D eigenvalue weighted by Gasteiger charge is 2.29. The second kappa shape index (κ2) is 6.82. The molecule has 0 bridgehead atoms. The topological polar surface area (TPSA) is 28.2 Å². The molecule has 0 spiro atoms. The zero-order valence-electron chi connectivity index (χ0n) is 12.5. The van der Waals surface area contributed by atoms with Crippen molar-refractivity contribution in [3.8, 4) is 0 Å². The maximum atomic E-state index is 6.35. The smallest absolute Gasteiger partial charge is 0.135 e. The maximum Gasteiger partial charge on any atom is 0.135 e. The van der Waals surface area contributed by atoms with Crippen LogP contribution in [0.25, 0.3) is 0 Å². The van der Waals surface area contributed by atoms with E-state index in [1.165, 1.54) is 32.2 Å². The summed E-state index contributed by atoms with van der Waals surface area (Å²) in [6.45, 7) is 6.18. The predicted molar refractivity (Wildman–Crippen MR) is 88.0 cm³/mol. The molecule has 21 heavy (non-hydrogen) atoms. The van der Waals surface area contributed by atoms with Gasteiger partial charge < -0.3 is 5.32 Å². The van der Waals surface area contributed by atoms with Gasteiger partial charge in [-0.2, -0.15) is 0 Å². The van der Waals surface area contributed by atoms with E-state index in [1.807, 2.05) is 13.0 Å². The highest BCUT2D eigenvalue weighted by Crippen LogP contribution is 2.29. The molecule has 0 saturated carbocycles. The molecule has 1 aromatic heterocycles. The average molecular weight is 328 g/mol. The minimum absolute atomic E-state index is 0.557. The highest BCUT2D eigenvalue weighted by atomic mass is 35.5. The van der Waals surface area contributed by atoms with Crippen molar-refractivity contribution >= 4 is 23.2 Å². The van der Waals surface area contributed by atoms with E-state index in [0.717, 1.165) is 41.8 Å². The van der Waals surface area contributed by atoms with E-state index in [1.54, 1.807) is 0 Å². The number of aryl methyl sites for hydroxylation is 1. The van der Waals surface area contributed by atoms with Crippen LogP contribution in [-0.2, 0) is 6.54 Å². The Hall–Kier alpha value is -0.350. The van der Waals surface area contributed by atoms with Crippen molar-refractivity contribution < 1.29 is 0 Å². The van der Waals surface area contributed by atoms with Gasteiger partial charge in [0, 0.05) is 35.4 Å². The van der Waals surface area contributed by atoms with Gasteiger partial charge in [-0.3, -0.25) is 4.90 Å². The minimum atomic E-state index is 0.557. The lowest BCUT2D eigenvalue weighted by Gasteiger charge is -2.36. The van der Waals surface area contributed by atoms with Gasteiger partial charge in [0.25, 0.3) is 0 Å². The number of piperidine rings is 1. The second-order valence-corrected chi connectivity index (χ2v) is 7.12. The Morgan fingerprint density at radius 1 is 1.33 bits per heavy atom. The molecule has 1 aromatic rings. The fraction of sp³-hybridized carbons (Fsp3) is 0.688. The number of aromatic nitrogens is 1. The largest absolute Gasteiger partial charge is 0.314 e. The lowest BCUT2D eigenvalue weighted by Crippen LogP contribution is -2.43. The summed E-state index contributed by atoms with van der Waals surface area (Å²) in [7, 11) is 0. The third-order valence-electron chi connectivity index (χ3n) is 4.74. The highest BCUT2D eigenvalue weighted by molar-refractivity contribution is 6.35. The summed E-state index contributed by atoms with van der Waals surface area (Å²) in [6.07, 6.45) is 5.24. The lowest BCUT2D eigenvalue weighted by atomic mass is 9.89. The molecule has 116 valence electrons. The molecule has 3 rings (SSSR count). The Bertz CT molecular complexity index is 477. The average Bonchev–Trinajstić information content (AvgIpc) is 2.97. The Morgan fingerprint density at radius 3 is 2.90 bits per heavy atom. The molecule has 1 N–H and O–H groups in total. The summed E-state index contributed by atoms with van der Waals surface area (Å²) in [6, 6.07) is 2.61. The second-order valence-electron chi connectivity index (χ2n) is 6.36. The van der Waals surface area contributed by atoms with E-state index in [2.05, 4.69) is 15.2 Å². The van der Waals surface area contributed by atoms with Crippen LogP contribution in [0.1, 0.15) is 36.9 Å². The van der Waals surface area contributed by atoms with Crippen molar-refractivity contribution in [1.82, 2.24) is 15.2 Å². The van der Waals surface area contributed by atoms with E-state index in [9.17, 15) is 0 Å². The molecule has 2 atom stereocenters. The number of pyridine rings is 1. The van der Waals surface area contributed by atoms with Gasteiger partial charge in [-0.15, -0.1) is 0 Å². The van der Waals surface area contributed by atoms with Crippen LogP contribution in [0.3, 0.4) is 0 Å². The molecule has 0 aromatic carbocycles. The molecular formula is C16H23Cl2N3. The normalized spacial score (nSPS) is 27.2. The zero-order valence-corrected chi connectivity index (χ0v) is 14.1. The first-order valence-electron chi connectivity index (χ1n) is 7.91. The van der Waals surface area contributed by atoms with Crippen LogP contribution in [0.15, 0.2) is 6.07 Å². The van der Waals surface area contributed by atoms with Crippen LogP contribution < -0.4 is 5.32 Å². The van der Waals surface area contributed by atoms with Crippen molar-refractivity contribution in [1.29, 1.82) is 0 Å². The van der Waals surface area contributed by atoms with Gasteiger partial charge in [-0.05, 0) is 57.7 Å². The maximum absolute atomic E-state index is 6.35. The minimum Gasteiger partial charge on any atom is -0.314 e. The van der Waals surface area contributed by atoms with Gasteiger partial charge in [0.15, 0.2) is 0 Å². The van der Waals surface area contributed by atoms with E-state index < -0.39 is 0 Å². The van der Waals surface area contributed by atoms with Gasteiger partial charge in [0.2, 0.25) is 0 Å². The Labute approximate surface area is 137 Å². The van der Waals surface area contributed by atoms with Crippen LogP contribution in [0.2, 0.25) is 10.2 Å². The van der Waals surface area contributed by atoms with Gasteiger partial charge >= 0.3 is 0 Å². The molecule has 3 nitrogen and oxygen atoms in total. The van der Waals surface area contributed by atoms with Crippen molar-refractivity contribution in [2.45, 2.75) is 45.2 Å². The van der Waals surface area contributed by atoms with Gasteiger partial charge in [0.1, 0.15) is 5.15 Å². The molecule has 2 saturated heterocycles. The standard InChI is InChI=1S/C16H23Cl2N3/c1-11-8-14(17)13(16(18)20-11)10-21-7-3-4-12(9-21)15-5-2-6-19-15/h8,12,15,19H,2-7,9-10H2,1H3. The molecular weight excluding hydrogens is 305 g/mol. The van der Waals surface area contributed by atoms with Crippen molar-refractivity contribution in [2.75, 3.05) is 19.6 Å². The molecule has 0 radical (unpaired) electrons. The monoisotopic (exact) mass is 327 g/mol. The Balaban J connectivity index is 1.67. The van der Waals surface area contributed by atoms with Crippen LogP contribution in [0.5, 0.6) is 0 Å². The van der Waals surface area contributed by atoms with Crippen LogP contribution in [0, 0.1) is 12.8 Å². The van der Waals surface area contributed by atoms with Crippen LogP contribution in [-0.4, -0.2) is 35.6 Å². The first kappa shape index (κ1) is 15.5. The van der Waals surface area contributed by atoms with Crippen molar-refractivity contribution in [3.05, 3.63) is 27.5 Å². The molecule has 0 aliphatic carbocycles. The Kier molecular flexibility index (Phi) is 5.05. The van der Waals surface area contributed by atoms with Crippen LogP contribution in [0.4, 0.5) is 0 Å². The summed E-state index contributed by atoms with van der Waals surface area (Å²) in [4.78, 5) is 6.82.